The molecule has 0 N–H and O–H groups in total. The molecule has 0 fully saturated rings. The Bertz CT molecular complexity index is 569. The zero-order valence-electron chi connectivity index (χ0n) is 11.0. The fourth-order valence-electron chi connectivity index (χ4n) is 2.35. The van der Waals surface area contributed by atoms with Crippen molar-refractivity contribution < 1.29 is 0 Å². The molecule has 98 valence electrons. The van der Waals surface area contributed by atoms with Crippen LogP contribution in [0, 0.1) is 0 Å². The summed E-state index contributed by atoms with van der Waals surface area (Å²) in [6.45, 7) is -2.05. The number of halogens is 1. The van der Waals surface area contributed by atoms with Crippen molar-refractivity contribution in [2.45, 2.75) is 0 Å². The minimum absolute atomic E-state index is 1.19. The average Bonchev–Trinajstić information content (AvgIpc) is 2.56. The Morgan fingerprint density at radius 3 is 0.950 bits per heavy atom. The van der Waals surface area contributed by atoms with Gasteiger partial charge in [0.15, 0.2) is 0 Å². The van der Waals surface area contributed by atoms with Crippen LogP contribution in [0.1, 0.15) is 0 Å². The van der Waals surface area contributed by atoms with Crippen molar-refractivity contribution in [2.24, 2.45) is 0 Å². The summed E-state index contributed by atoms with van der Waals surface area (Å²) in [5.74, 6) is 0. The lowest BCUT2D eigenvalue weighted by Gasteiger charge is -2.18. The quantitative estimate of drug-likeness (QED) is 0.638. The Morgan fingerprint density at radius 1 is 0.450 bits per heavy atom. The zero-order valence-corrected chi connectivity index (χ0v) is 12.6. The lowest BCUT2D eigenvalue weighted by molar-refractivity contribution is 1.73. The molecule has 0 saturated heterocycles. The second kappa shape index (κ2) is 5.79. The Hall–Kier alpha value is -1.62. The van der Waals surface area contributed by atoms with Gasteiger partial charge in [0.1, 0.15) is 27.2 Å². The minimum Gasteiger partial charge on any atom is -0.0620 e. The molecule has 0 amide bonds. The predicted molar refractivity (Wildman–Crippen MR) is 91.0 cm³/mol. The predicted octanol–water partition coefficient (Wildman–Crippen LogP) is 4.13. The maximum absolute atomic E-state index is 7.23. The summed E-state index contributed by atoms with van der Waals surface area (Å²) in [7, 11) is 0. The maximum atomic E-state index is 7.23. The van der Waals surface area contributed by atoms with E-state index in [0.717, 1.165) is 0 Å². The van der Waals surface area contributed by atoms with Crippen molar-refractivity contribution in [2.75, 3.05) is 0 Å². The van der Waals surface area contributed by atoms with Gasteiger partial charge < -0.3 is 0 Å². The highest BCUT2D eigenvalue weighted by Crippen LogP contribution is 2.60. The van der Waals surface area contributed by atoms with Gasteiger partial charge in [0.05, 0.1) is 0 Å². The molecule has 0 saturated carbocycles. The topological polar surface area (TPSA) is 0 Å². The highest BCUT2D eigenvalue weighted by molar-refractivity contribution is 8.14. The van der Waals surface area contributed by atoms with E-state index in [2.05, 4.69) is 72.8 Å². The van der Waals surface area contributed by atoms with Crippen molar-refractivity contribution in [3.05, 3.63) is 91.0 Å². The van der Waals surface area contributed by atoms with Crippen LogP contribution >= 0.6 is 17.9 Å². The molecule has 0 nitrogen and oxygen atoms in total. The van der Waals surface area contributed by atoms with Crippen molar-refractivity contribution >= 4 is 33.8 Å². The van der Waals surface area contributed by atoms with Gasteiger partial charge in [-0.25, -0.2) is 0 Å². The SMILES string of the molecule is Cl[P+](c1ccccc1)(c1ccccc1)c1ccccc1. The van der Waals surface area contributed by atoms with Gasteiger partial charge in [-0.3, -0.25) is 0 Å². The van der Waals surface area contributed by atoms with Crippen LogP contribution in [0.5, 0.6) is 0 Å². The molecule has 0 aliphatic rings. The number of hydrogen-bond donors (Lipinski definition) is 0. The summed E-state index contributed by atoms with van der Waals surface area (Å²) in [6.07, 6.45) is 0. The molecule has 3 aromatic carbocycles. The van der Waals surface area contributed by atoms with Crippen molar-refractivity contribution in [1.82, 2.24) is 0 Å². The van der Waals surface area contributed by atoms with Crippen molar-refractivity contribution in [3.63, 3.8) is 0 Å². The standard InChI is InChI=1S/C18H15ClP/c19-20(16-10-4-1-5-11-16,17-12-6-2-7-13-17)18-14-8-3-9-15-18/h1-15H/q+1. The molecule has 0 aromatic heterocycles. The monoisotopic (exact) mass is 297 g/mol. The normalized spacial score (nSPS) is 11.2. The van der Waals surface area contributed by atoms with E-state index < -0.39 is 6.62 Å². The second-order valence-corrected chi connectivity index (χ2v) is 8.84. The summed E-state index contributed by atoms with van der Waals surface area (Å²) >= 11 is 7.23. The van der Waals surface area contributed by atoms with E-state index >= 15 is 0 Å². The van der Waals surface area contributed by atoms with Gasteiger partial charge in [-0.2, -0.15) is 0 Å². The zero-order chi connectivity index (χ0) is 13.8. The highest BCUT2D eigenvalue weighted by Gasteiger charge is 2.44. The third-order valence-electron chi connectivity index (χ3n) is 3.34. The van der Waals surface area contributed by atoms with Gasteiger partial charge in [-0.1, -0.05) is 54.6 Å². The summed E-state index contributed by atoms with van der Waals surface area (Å²) in [4.78, 5) is 0. The smallest absolute Gasteiger partial charge is 0.0620 e. The Balaban J connectivity index is 2.24. The molecule has 0 heterocycles. The minimum atomic E-state index is -2.05. The number of hydrogen-bond acceptors (Lipinski definition) is 0. The molecule has 0 aliphatic carbocycles. The number of benzene rings is 3. The molecule has 3 aromatic rings. The summed E-state index contributed by atoms with van der Waals surface area (Å²) in [6, 6.07) is 31.2. The maximum Gasteiger partial charge on any atom is 0.210 e. The van der Waals surface area contributed by atoms with E-state index in [1.54, 1.807) is 0 Å². The van der Waals surface area contributed by atoms with E-state index in [9.17, 15) is 0 Å². The van der Waals surface area contributed by atoms with E-state index in [1.165, 1.54) is 15.9 Å². The largest absolute Gasteiger partial charge is 0.210 e. The first kappa shape index (κ1) is 13.4. The summed E-state index contributed by atoms with van der Waals surface area (Å²) in [5.41, 5.74) is 0. The fourth-order valence-corrected chi connectivity index (χ4v) is 6.00. The lowest BCUT2D eigenvalue weighted by atomic mass is 10.4. The van der Waals surface area contributed by atoms with Crippen LogP contribution in [-0.2, 0) is 0 Å². The van der Waals surface area contributed by atoms with Gasteiger partial charge in [-0.05, 0) is 36.4 Å². The van der Waals surface area contributed by atoms with Crippen LogP contribution in [0.25, 0.3) is 0 Å². The molecule has 20 heavy (non-hydrogen) atoms. The molecule has 0 radical (unpaired) electrons. The molecular weight excluding hydrogens is 283 g/mol. The van der Waals surface area contributed by atoms with Crippen LogP contribution in [0.2, 0.25) is 0 Å². The first-order chi connectivity index (χ1) is 9.82. The Kier molecular flexibility index (Phi) is 3.87. The van der Waals surface area contributed by atoms with Gasteiger partial charge >= 0.3 is 0 Å². The van der Waals surface area contributed by atoms with Crippen LogP contribution < -0.4 is 15.9 Å². The van der Waals surface area contributed by atoms with Gasteiger partial charge in [0, 0.05) is 0 Å². The number of rotatable bonds is 3. The molecule has 3 rings (SSSR count). The van der Waals surface area contributed by atoms with Crippen LogP contribution in [0.4, 0.5) is 0 Å². The molecule has 0 atom stereocenters. The van der Waals surface area contributed by atoms with E-state index in [0.29, 0.717) is 0 Å². The van der Waals surface area contributed by atoms with Crippen molar-refractivity contribution in [3.8, 4) is 0 Å². The molecular formula is C18H15ClP+. The first-order valence-electron chi connectivity index (χ1n) is 6.57. The van der Waals surface area contributed by atoms with Gasteiger partial charge in [0.25, 0.3) is 0 Å². The van der Waals surface area contributed by atoms with Gasteiger partial charge in [0.2, 0.25) is 6.62 Å². The molecule has 0 bridgehead atoms. The third kappa shape index (κ3) is 2.38. The Labute approximate surface area is 125 Å². The highest BCUT2D eigenvalue weighted by atomic mass is 35.7. The molecule has 0 spiro atoms. The van der Waals surface area contributed by atoms with E-state index in [-0.39, 0.29) is 0 Å². The van der Waals surface area contributed by atoms with Crippen molar-refractivity contribution in [1.29, 1.82) is 0 Å². The second-order valence-electron chi connectivity index (χ2n) is 4.60. The molecule has 2 heteroatoms. The van der Waals surface area contributed by atoms with Crippen LogP contribution in [-0.4, -0.2) is 0 Å². The van der Waals surface area contributed by atoms with Gasteiger partial charge in [-0.15, -0.1) is 0 Å². The first-order valence-corrected chi connectivity index (χ1v) is 9.27. The van der Waals surface area contributed by atoms with Crippen LogP contribution in [0.15, 0.2) is 91.0 Å². The van der Waals surface area contributed by atoms with E-state index in [4.69, 9.17) is 11.2 Å². The summed E-state index contributed by atoms with van der Waals surface area (Å²) in [5, 5.41) is 3.58. The third-order valence-corrected chi connectivity index (χ3v) is 8.12. The Morgan fingerprint density at radius 2 is 0.700 bits per heavy atom. The van der Waals surface area contributed by atoms with Crippen LogP contribution in [0.3, 0.4) is 0 Å². The molecule has 0 aliphatic heterocycles. The molecule has 0 unspecified atom stereocenters. The van der Waals surface area contributed by atoms with E-state index in [1.807, 2.05) is 18.2 Å². The lowest BCUT2D eigenvalue weighted by Crippen LogP contribution is -2.26. The average molecular weight is 298 g/mol. The summed E-state index contributed by atoms with van der Waals surface area (Å²) < 4.78 is 0. The fraction of sp³-hybridized carbons (Fsp3) is 0.